The van der Waals surface area contributed by atoms with E-state index in [2.05, 4.69) is 36.2 Å². The largest absolute Gasteiger partial charge is 0.348 e. The molecule has 144 valence electrons. The lowest BCUT2D eigenvalue weighted by atomic mass is 10.1. The van der Waals surface area contributed by atoms with Gasteiger partial charge < -0.3 is 5.32 Å². The molecule has 2 aromatic rings. The molecule has 7 heteroatoms. The highest BCUT2D eigenvalue weighted by molar-refractivity contribution is 7.98. The molecule has 0 aromatic heterocycles. The minimum atomic E-state index is -0.459. The lowest BCUT2D eigenvalue weighted by Crippen LogP contribution is -2.24. The zero-order chi connectivity index (χ0) is 19.8. The van der Waals surface area contributed by atoms with Crippen molar-refractivity contribution in [2.75, 3.05) is 19.3 Å². The monoisotopic (exact) mass is 387 g/mol. The van der Waals surface area contributed by atoms with Gasteiger partial charge in [-0.25, -0.2) is 0 Å². The van der Waals surface area contributed by atoms with Crippen molar-refractivity contribution < 1.29 is 9.72 Å². The normalized spacial score (nSPS) is 10.8. The van der Waals surface area contributed by atoms with E-state index in [4.69, 9.17) is 0 Å². The van der Waals surface area contributed by atoms with E-state index >= 15 is 0 Å². The molecule has 0 fully saturated rings. The summed E-state index contributed by atoms with van der Waals surface area (Å²) in [5.41, 5.74) is 2.45. The first-order valence-electron chi connectivity index (χ1n) is 8.89. The van der Waals surface area contributed by atoms with Crippen LogP contribution in [0.4, 0.5) is 5.69 Å². The van der Waals surface area contributed by atoms with Crippen molar-refractivity contribution in [2.24, 2.45) is 0 Å². The van der Waals surface area contributed by atoms with Crippen LogP contribution in [0.1, 0.15) is 35.3 Å². The fraction of sp³-hybridized carbons (Fsp3) is 0.350. The van der Waals surface area contributed by atoms with Crippen LogP contribution in [-0.4, -0.2) is 35.1 Å². The van der Waals surface area contributed by atoms with Crippen molar-refractivity contribution >= 4 is 23.4 Å². The smallest absolute Gasteiger partial charge is 0.283 e. The van der Waals surface area contributed by atoms with Gasteiger partial charge in [0, 0.05) is 24.7 Å². The Balaban J connectivity index is 2.05. The lowest BCUT2D eigenvalue weighted by molar-refractivity contribution is -0.387. The molecular formula is C20H25N3O3S. The van der Waals surface area contributed by atoms with Gasteiger partial charge in [-0.05, 0) is 42.6 Å². The van der Waals surface area contributed by atoms with Gasteiger partial charge in [-0.15, -0.1) is 11.8 Å². The predicted octanol–water partition coefficient (Wildman–Crippen LogP) is 4.09. The van der Waals surface area contributed by atoms with E-state index in [0.717, 1.165) is 25.2 Å². The van der Waals surface area contributed by atoms with Gasteiger partial charge in [0.25, 0.3) is 11.6 Å². The van der Waals surface area contributed by atoms with Gasteiger partial charge >= 0.3 is 0 Å². The Labute approximate surface area is 164 Å². The fourth-order valence-electron chi connectivity index (χ4n) is 2.80. The number of amides is 1. The summed E-state index contributed by atoms with van der Waals surface area (Å²) in [6.45, 7) is 7.49. The summed E-state index contributed by atoms with van der Waals surface area (Å²) in [6, 6.07) is 12.7. The van der Waals surface area contributed by atoms with Gasteiger partial charge in [-0.3, -0.25) is 19.8 Å². The molecule has 0 aliphatic carbocycles. The molecule has 0 unspecified atom stereocenters. The zero-order valence-corrected chi connectivity index (χ0v) is 16.7. The molecule has 2 aromatic carbocycles. The van der Waals surface area contributed by atoms with Gasteiger partial charge in [-0.1, -0.05) is 38.1 Å². The number of nitrogens with zero attached hydrogens (tertiary/aromatic N) is 2. The SMILES string of the molecule is CCN(CC)Cc1cccc(CNC(=O)c2ccc(SC)c([N+](=O)[O-])c2)c1. The van der Waals surface area contributed by atoms with Crippen LogP contribution < -0.4 is 5.32 Å². The molecule has 0 aliphatic heterocycles. The quantitative estimate of drug-likeness (QED) is 0.398. The van der Waals surface area contributed by atoms with Crippen LogP contribution in [0.3, 0.4) is 0 Å². The van der Waals surface area contributed by atoms with E-state index < -0.39 is 4.92 Å². The maximum absolute atomic E-state index is 12.4. The van der Waals surface area contributed by atoms with Crippen molar-refractivity contribution in [2.45, 2.75) is 31.8 Å². The Kier molecular flexibility index (Phi) is 7.82. The molecule has 0 bridgehead atoms. The van der Waals surface area contributed by atoms with Crippen molar-refractivity contribution in [3.8, 4) is 0 Å². The van der Waals surface area contributed by atoms with E-state index in [9.17, 15) is 14.9 Å². The number of nitrogens with one attached hydrogen (secondary N) is 1. The van der Waals surface area contributed by atoms with Gasteiger partial charge in [0.05, 0.1) is 9.82 Å². The number of nitro groups is 1. The highest BCUT2D eigenvalue weighted by Crippen LogP contribution is 2.28. The van der Waals surface area contributed by atoms with Crippen molar-refractivity contribution in [3.63, 3.8) is 0 Å². The number of carbonyl (C=O) groups is 1. The highest BCUT2D eigenvalue weighted by Gasteiger charge is 2.17. The first kappa shape index (κ1) is 20.9. The highest BCUT2D eigenvalue weighted by atomic mass is 32.2. The van der Waals surface area contributed by atoms with E-state index in [0.29, 0.717) is 17.0 Å². The summed E-state index contributed by atoms with van der Waals surface area (Å²) < 4.78 is 0. The summed E-state index contributed by atoms with van der Waals surface area (Å²) in [5.74, 6) is -0.320. The number of hydrogen-bond acceptors (Lipinski definition) is 5. The van der Waals surface area contributed by atoms with Crippen LogP contribution in [0.15, 0.2) is 47.4 Å². The van der Waals surface area contributed by atoms with Crippen LogP contribution in [0.2, 0.25) is 0 Å². The Morgan fingerprint density at radius 3 is 2.48 bits per heavy atom. The number of benzene rings is 2. The third-order valence-corrected chi connectivity index (χ3v) is 5.17. The Morgan fingerprint density at radius 2 is 1.85 bits per heavy atom. The van der Waals surface area contributed by atoms with Gasteiger partial charge in [0.15, 0.2) is 0 Å². The number of nitro benzene ring substituents is 1. The second-order valence-electron chi connectivity index (χ2n) is 6.11. The summed E-state index contributed by atoms with van der Waals surface area (Å²) in [5, 5.41) is 14.0. The average Bonchev–Trinajstić information content (AvgIpc) is 2.69. The second-order valence-corrected chi connectivity index (χ2v) is 6.96. The standard InChI is InChI=1S/C20H25N3O3S/c1-4-22(5-2)14-16-8-6-7-15(11-16)13-21-20(24)17-9-10-19(27-3)18(12-17)23(25)26/h6-12H,4-5,13-14H2,1-3H3,(H,21,24). The molecule has 0 spiro atoms. The maximum Gasteiger partial charge on any atom is 0.283 e. The van der Waals surface area contributed by atoms with E-state index in [-0.39, 0.29) is 11.6 Å². The van der Waals surface area contributed by atoms with Crippen LogP contribution in [0, 0.1) is 10.1 Å². The maximum atomic E-state index is 12.4. The molecule has 1 amide bonds. The molecule has 1 N–H and O–H groups in total. The van der Waals surface area contributed by atoms with Crippen LogP contribution in [0.5, 0.6) is 0 Å². The third kappa shape index (κ3) is 5.80. The Bertz CT molecular complexity index is 807. The topological polar surface area (TPSA) is 75.5 Å². The molecular weight excluding hydrogens is 362 g/mol. The van der Waals surface area contributed by atoms with Crippen LogP contribution in [0.25, 0.3) is 0 Å². The number of rotatable bonds is 9. The first-order chi connectivity index (χ1) is 13.0. The Morgan fingerprint density at radius 1 is 1.15 bits per heavy atom. The average molecular weight is 388 g/mol. The summed E-state index contributed by atoms with van der Waals surface area (Å²) in [6.07, 6.45) is 1.77. The molecule has 0 radical (unpaired) electrons. The minimum Gasteiger partial charge on any atom is -0.348 e. The molecule has 0 saturated heterocycles. The Hall–Kier alpha value is -2.38. The summed E-state index contributed by atoms with van der Waals surface area (Å²) in [7, 11) is 0. The van der Waals surface area contributed by atoms with Crippen molar-refractivity contribution in [1.82, 2.24) is 10.2 Å². The number of thioether (sulfide) groups is 1. The third-order valence-electron chi connectivity index (χ3n) is 4.38. The lowest BCUT2D eigenvalue weighted by Gasteiger charge is -2.18. The van der Waals surface area contributed by atoms with Gasteiger partial charge in [0.2, 0.25) is 0 Å². The van der Waals surface area contributed by atoms with Crippen LogP contribution in [-0.2, 0) is 13.1 Å². The molecule has 27 heavy (non-hydrogen) atoms. The van der Waals surface area contributed by atoms with Gasteiger partial charge in [0.1, 0.15) is 0 Å². The molecule has 0 atom stereocenters. The molecule has 0 aliphatic rings. The fourth-order valence-corrected chi connectivity index (χ4v) is 3.35. The predicted molar refractivity (Wildman–Crippen MR) is 109 cm³/mol. The number of hydrogen-bond donors (Lipinski definition) is 1. The summed E-state index contributed by atoms with van der Waals surface area (Å²) in [4.78, 5) is 26.0. The molecule has 2 rings (SSSR count). The van der Waals surface area contributed by atoms with E-state index in [1.54, 1.807) is 18.4 Å². The molecule has 6 nitrogen and oxygen atoms in total. The van der Waals surface area contributed by atoms with Crippen molar-refractivity contribution in [1.29, 1.82) is 0 Å². The van der Waals surface area contributed by atoms with E-state index in [1.807, 2.05) is 12.1 Å². The van der Waals surface area contributed by atoms with E-state index in [1.165, 1.54) is 23.4 Å². The minimum absolute atomic E-state index is 0.0450. The van der Waals surface area contributed by atoms with Gasteiger partial charge in [-0.2, -0.15) is 0 Å². The first-order valence-corrected chi connectivity index (χ1v) is 10.1. The van der Waals surface area contributed by atoms with Crippen LogP contribution >= 0.6 is 11.8 Å². The molecule has 0 heterocycles. The molecule has 0 saturated carbocycles. The van der Waals surface area contributed by atoms with Crippen molar-refractivity contribution in [3.05, 3.63) is 69.3 Å². The number of carbonyl (C=O) groups excluding carboxylic acids is 1. The zero-order valence-electron chi connectivity index (χ0n) is 15.9. The summed E-state index contributed by atoms with van der Waals surface area (Å²) >= 11 is 1.29. The second kappa shape index (κ2) is 10.1.